The van der Waals surface area contributed by atoms with Gasteiger partial charge in [0.2, 0.25) is 5.11 Å². The van der Waals surface area contributed by atoms with Gasteiger partial charge in [-0.1, -0.05) is 18.2 Å². The van der Waals surface area contributed by atoms with E-state index in [0.717, 1.165) is 31.4 Å². The molecule has 0 unspecified atom stereocenters. The summed E-state index contributed by atoms with van der Waals surface area (Å²) in [6.07, 6.45) is 3.56. The molecule has 0 bridgehead atoms. The lowest BCUT2D eigenvalue weighted by Gasteiger charge is -2.31. The maximum atomic E-state index is 12.3. The summed E-state index contributed by atoms with van der Waals surface area (Å²) in [6, 6.07) is 9.80. The number of carbonyl (C=O) groups is 1. The molecule has 1 saturated carbocycles. The van der Waals surface area contributed by atoms with E-state index in [4.69, 9.17) is 17.0 Å². The van der Waals surface area contributed by atoms with Gasteiger partial charge in [0.15, 0.2) is 0 Å². The molecule has 2 aliphatic rings. The number of ether oxygens (including phenoxy) is 1. The number of thiocarbonyl (C=S) groups is 1. The number of para-hydroxylation sites is 1. The van der Waals surface area contributed by atoms with Crippen LogP contribution in [0.25, 0.3) is 0 Å². The first kappa shape index (κ1) is 14.3. The van der Waals surface area contributed by atoms with Crippen molar-refractivity contribution in [3.63, 3.8) is 0 Å². The Hall–Kier alpha value is -1.66. The number of benzene rings is 1. The first-order valence-electron chi connectivity index (χ1n) is 7.32. The second-order valence-corrected chi connectivity index (χ2v) is 5.70. The molecular weight excluding hydrogens is 286 g/mol. The van der Waals surface area contributed by atoms with Gasteiger partial charge < -0.3 is 4.74 Å². The SMILES string of the molecule is CCOC(=O)N1C(=S)N(c2ccccc2)NC12CCCC2. The highest BCUT2D eigenvalue weighted by Gasteiger charge is 2.53. The molecule has 1 spiro atoms. The lowest BCUT2D eigenvalue weighted by Crippen LogP contribution is -2.53. The van der Waals surface area contributed by atoms with Crippen molar-refractivity contribution < 1.29 is 9.53 Å². The highest BCUT2D eigenvalue weighted by atomic mass is 32.1. The van der Waals surface area contributed by atoms with Gasteiger partial charge in [-0.3, -0.25) is 0 Å². The molecule has 1 aliphatic carbocycles. The standard InChI is InChI=1S/C15H19N3O2S/c1-2-20-14(19)17-13(21)18(12-8-4-3-5-9-12)16-15(17)10-6-7-11-15/h3-5,8-9,16H,2,6-7,10-11H2,1H3. The van der Waals surface area contributed by atoms with Crippen LogP contribution in [0.2, 0.25) is 0 Å². The van der Waals surface area contributed by atoms with Crippen LogP contribution in [0, 0.1) is 0 Å². The molecule has 1 aromatic rings. The molecule has 112 valence electrons. The minimum atomic E-state index is -0.431. The fourth-order valence-electron chi connectivity index (χ4n) is 3.08. The maximum Gasteiger partial charge on any atom is 0.417 e. The van der Waals surface area contributed by atoms with Crippen molar-refractivity contribution in [3.8, 4) is 0 Å². The molecule has 1 amide bonds. The van der Waals surface area contributed by atoms with Gasteiger partial charge in [-0.05, 0) is 57.0 Å². The summed E-state index contributed by atoms with van der Waals surface area (Å²) in [4.78, 5) is 14.0. The van der Waals surface area contributed by atoms with Crippen LogP contribution in [-0.2, 0) is 4.74 Å². The Morgan fingerprint density at radius 3 is 2.62 bits per heavy atom. The Bertz CT molecular complexity index is 543. The monoisotopic (exact) mass is 305 g/mol. The van der Waals surface area contributed by atoms with Gasteiger partial charge in [0, 0.05) is 0 Å². The molecule has 21 heavy (non-hydrogen) atoms. The van der Waals surface area contributed by atoms with Crippen LogP contribution < -0.4 is 10.4 Å². The first-order valence-corrected chi connectivity index (χ1v) is 7.73. The largest absolute Gasteiger partial charge is 0.449 e. The van der Waals surface area contributed by atoms with Gasteiger partial charge in [0.25, 0.3) is 0 Å². The Balaban J connectivity index is 1.94. The van der Waals surface area contributed by atoms with Crippen molar-refractivity contribution in [2.75, 3.05) is 11.6 Å². The second-order valence-electron chi connectivity index (χ2n) is 5.34. The lowest BCUT2D eigenvalue weighted by molar-refractivity contribution is 0.0914. The topological polar surface area (TPSA) is 44.8 Å². The highest BCUT2D eigenvalue weighted by Crippen LogP contribution is 2.39. The molecule has 1 aromatic carbocycles. The van der Waals surface area contributed by atoms with E-state index in [1.165, 1.54) is 0 Å². The summed E-state index contributed by atoms with van der Waals surface area (Å²) in [5, 5.41) is 2.28. The number of carbonyl (C=O) groups excluding carboxylic acids is 1. The fraction of sp³-hybridized carbons (Fsp3) is 0.467. The fourth-order valence-corrected chi connectivity index (χ4v) is 3.48. The molecule has 1 heterocycles. The van der Waals surface area contributed by atoms with E-state index in [1.807, 2.05) is 35.3 Å². The van der Waals surface area contributed by atoms with Crippen LogP contribution in [0.3, 0.4) is 0 Å². The van der Waals surface area contributed by atoms with Crippen molar-refractivity contribution >= 4 is 29.1 Å². The van der Waals surface area contributed by atoms with Crippen LogP contribution in [-0.4, -0.2) is 28.4 Å². The number of hydrazine groups is 1. The molecule has 1 aliphatic heterocycles. The van der Waals surface area contributed by atoms with E-state index in [9.17, 15) is 4.79 Å². The Kier molecular flexibility index (Phi) is 3.82. The van der Waals surface area contributed by atoms with Crippen LogP contribution in [0.4, 0.5) is 10.5 Å². The smallest absolute Gasteiger partial charge is 0.417 e. The molecule has 3 rings (SSSR count). The zero-order chi connectivity index (χ0) is 14.9. The zero-order valence-corrected chi connectivity index (χ0v) is 12.9. The summed E-state index contributed by atoms with van der Waals surface area (Å²) >= 11 is 5.53. The number of hydrogen-bond donors (Lipinski definition) is 1. The molecule has 1 N–H and O–H groups in total. The third kappa shape index (κ3) is 2.38. The quantitative estimate of drug-likeness (QED) is 0.851. The number of hydrogen-bond acceptors (Lipinski definition) is 4. The number of amides is 1. The third-order valence-electron chi connectivity index (χ3n) is 4.03. The molecule has 2 fully saturated rings. The molecule has 0 aromatic heterocycles. The van der Waals surface area contributed by atoms with Crippen molar-refractivity contribution in [2.45, 2.75) is 38.3 Å². The predicted octanol–water partition coefficient (Wildman–Crippen LogP) is 3.02. The number of rotatable bonds is 2. The molecule has 0 atom stereocenters. The minimum Gasteiger partial charge on any atom is -0.449 e. The molecule has 6 heteroatoms. The van der Waals surface area contributed by atoms with Crippen LogP contribution >= 0.6 is 12.2 Å². The van der Waals surface area contributed by atoms with Crippen molar-refractivity contribution in [2.24, 2.45) is 0 Å². The van der Waals surface area contributed by atoms with E-state index in [1.54, 1.807) is 11.8 Å². The average Bonchev–Trinajstić information content (AvgIpc) is 3.06. The van der Waals surface area contributed by atoms with Crippen molar-refractivity contribution in [3.05, 3.63) is 30.3 Å². The van der Waals surface area contributed by atoms with Gasteiger partial charge in [0.1, 0.15) is 5.66 Å². The molecular formula is C15H19N3O2S. The van der Waals surface area contributed by atoms with E-state index < -0.39 is 5.66 Å². The first-order chi connectivity index (χ1) is 10.2. The third-order valence-corrected chi connectivity index (χ3v) is 4.39. The van der Waals surface area contributed by atoms with Gasteiger partial charge in [0.05, 0.1) is 12.3 Å². The normalized spacial score (nSPS) is 20.3. The number of nitrogens with zero attached hydrogens (tertiary/aromatic N) is 2. The number of anilines is 1. The van der Waals surface area contributed by atoms with Gasteiger partial charge in [-0.15, -0.1) is 0 Å². The van der Waals surface area contributed by atoms with Crippen molar-refractivity contribution in [1.29, 1.82) is 0 Å². The Morgan fingerprint density at radius 1 is 1.33 bits per heavy atom. The van der Waals surface area contributed by atoms with E-state index in [-0.39, 0.29) is 6.09 Å². The highest BCUT2D eigenvalue weighted by molar-refractivity contribution is 7.80. The minimum absolute atomic E-state index is 0.347. The lowest BCUT2D eigenvalue weighted by atomic mass is 10.1. The Labute approximate surface area is 129 Å². The van der Waals surface area contributed by atoms with Gasteiger partial charge in [-0.25, -0.2) is 20.1 Å². The summed E-state index contributed by atoms with van der Waals surface area (Å²) in [5.74, 6) is 0. The van der Waals surface area contributed by atoms with Crippen LogP contribution in [0.15, 0.2) is 30.3 Å². The summed E-state index contributed by atoms with van der Waals surface area (Å²) in [5.41, 5.74) is 3.94. The molecule has 5 nitrogen and oxygen atoms in total. The van der Waals surface area contributed by atoms with E-state index in [2.05, 4.69) is 5.43 Å². The van der Waals surface area contributed by atoms with Gasteiger partial charge in [-0.2, -0.15) is 0 Å². The van der Waals surface area contributed by atoms with Crippen molar-refractivity contribution in [1.82, 2.24) is 10.3 Å². The average molecular weight is 305 g/mol. The number of nitrogens with one attached hydrogen (secondary N) is 1. The van der Waals surface area contributed by atoms with E-state index >= 15 is 0 Å². The van der Waals surface area contributed by atoms with Gasteiger partial charge >= 0.3 is 6.09 Å². The molecule has 1 saturated heterocycles. The Morgan fingerprint density at radius 2 is 2.00 bits per heavy atom. The van der Waals surface area contributed by atoms with Crippen LogP contribution in [0.5, 0.6) is 0 Å². The second kappa shape index (κ2) is 5.61. The summed E-state index contributed by atoms with van der Waals surface area (Å²) < 4.78 is 5.20. The predicted molar refractivity (Wildman–Crippen MR) is 84.7 cm³/mol. The summed E-state index contributed by atoms with van der Waals surface area (Å²) in [7, 11) is 0. The summed E-state index contributed by atoms with van der Waals surface area (Å²) in [6.45, 7) is 2.15. The maximum absolute atomic E-state index is 12.3. The molecule has 0 radical (unpaired) electrons. The zero-order valence-electron chi connectivity index (χ0n) is 12.0. The van der Waals surface area contributed by atoms with E-state index in [0.29, 0.717) is 11.7 Å². The van der Waals surface area contributed by atoms with Crippen LogP contribution in [0.1, 0.15) is 32.6 Å².